The number of rotatable bonds is 0. The van der Waals surface area contributed by atoms with Crippen molar-refractivity contribution in [3.63, 3.8) is 0 Å². The SMILES string of the molecule is [CH2-]C(C)=O.[Co+3]. The van der Waals surface area contributed by atoms with Crippen LogP contribution in [0.3, 0.4) is 0 Å². The maximum Gasteiger partial charge on any atom is 3.00 e. The van der Waals surface area contributed by atoms with Crippen molar-refractivity contribution in [2.45, 2.75) is 6.92 Å². The molecule has 0 spiro atoms. The summed E-state index contributed by atoms with van der Waals surface area (Å²) in [6.07, 6.45) is 0. The summed E-state index contributed by atoms with van der Waals surface area (Å²) in [6, 6.07) is 0. The van der Waals surface area contributed by atoms with Crippen molar-refractivity contribution >= 4 is 5.78 Å². The summed E-state index contributed by atoms with van der Waals surface area (Å²) in [6.45, 7) is 4.42. The second-order valence-electron chi connectivity index (χ2n) is 0.702. The van der Waals surface area contributed by atoms with Crippen molar-refractivity contribution in [3.05, 3.63) is 6.92 Å². The smallest absolute Gasteiger partial charge is 0.340 e. The maximum atomic E-state index is 9.33. The molecule has 1 nitrogen and oxygen atoms in total. The van der Waals surface area contributed by atoms with Gasteiger partial charge in [0.1, 0.15) is 0 Å². The molecule has 0 aromatic rings. The van der Waals surface area contributed by atoms with E-state index in [1.54, 1.807) is 0 Å². The summed E-state index contributed by atoms with van der Waals surface area (Å²) in [4.78, 5) is 9.33. The predicted molar refractivity (Wildman–Crippen MR) is 16.0 cm³/mol. The summed E-state index contributed by atoms with van der Waals surface area (Å²) in [7, 11) is 0. The first-order chi connectivity index (χ1) is 1.73. The van der Waals surface area contributed by atoms with Crippen LogP contribution in [-0.4, -0.2) is 5.78 Å². The maximum absolute atomic E-state index is 9.33. The number of hydrogen-bond acceptors (Lipinski definition) is 1. The van der Waals surface area contributed by atoms with Gasteiger partial charge in [-0.05, 0) is 12.7 Å². The van der Waals surface area contributed by atoms with Crippen LogP contribution in [0.4, 0.5) is 0 Å². The van der Waals surface area contributed by atoms with Gasteiger partial charge < -0.3 is 11.7 Å². The van der Waals surface area contributed by atoms with Crippen LogP contribution in [0.15, 0.2) is 0 Å². The molecule has 0 aliphatic rings. The largest absolute Gasteiger partial charge is 3.00 e. The minimum Gasteiger partial charge on any atom is -0.340 e. The van der Waals surface area contributed by atoms with E-state index in [1.165, 1.54) is 6.92 Å². The molecule has 0 fully saturated rings. The Morgan fingerprint density at radius 2 is 1.80 bits per heavy atom. The third-order valence-corrected chi connectivity index (χ3v) is 0. The summed E-state index contributed by atoms with van der Waals surface area (Å²) in [5, 5.41) is 0. The van der Waals surface area contributed by atoms with E-state index in [2.05, 4.69) is 6.92 Å². The Hall–Kier alpha value is 0.0465. The molecule has 0 aliphatic heterocycles. The van der Waals surface area contributed by atoms with Crippen LogP contribution in [0.25, 0.3) is 0 Å². The van der Waals surface area contributed by atoms with Crippen molar-refractivity contribution in [2.75, 3.05) is 0 Å². The van der Waals surface area contributed by atoms with E-state index in [4.69, 9.17) is 0 Å². The first kappa shape index (κ1) is 8.90. The van der Waals surface area contributed by atoms with Gasteiger partial charge in [-0.15, -0.1) is 0 Å². The van der Waals surface area contributed by atoms with Gasteiger partial charge in [0.25, 0.3) is 0 Å². The van der Waals surface area contributed by atoms with Crippen LogP contribution < -0.4 is 0 Å². The summed E-state index contributed by atoms with van der Waals surface area (Å²) in [5.41, 5.74) is 0. The molecule has 30 valence electrons. The quantitative estimate of drug-likeness (QED) is 0.419. The molecule has 0 amide bonds. The normalized spacial score (nSPS) is 5.00. The van der Waals surface area contributed by atoms with Gasteiger partial charge in [-0.3, -0.25) is 0 Å². The van der Waals surface area contributed by atoms with E-state index < -0.39 is 0 Å². The molecule has 2 heteroatoms. The fourth-order valence-corrected chi connectivity index (χ4v) is 0. The molecule has 0 aromatic carbocycles. The van der Waals surface area contributed by atoms with Crippen molar-refractivity contribution < 1.29 is 21.6 Å². The van der Waals surface area contributed by atoms with Gasteiger partial charge in [0.2, 0.25) is 0 Å². The average molecular weight is 116 g/mol. The van der Waals surface area contributed by atoms with Gasteiger partial charge in [-0.2, -0.15) is 0 Å². The second-order valence-corrected chi connectivity index (χ2v) is 0.702. The first-order valence-electron chi connectivity index (χ1n) is 1.06. The molecule has 0 atom stereocenters. The molecule has 0 radical (unpaired) electrons. The standard InChI is InChI=1S/C3H5O.Co/c1-3(2)4;/h1H2,2H3;/q-1;+3. The van der Waals surface area contributed by atoms with E-state index in [9.17, 15) is 4.79 Å². The molecular formula is C3H5CoO+2. The Bertz CT molecular complexity index is 29.9. The minimum absolute atomic E-state index is 0. The van der Waals surface area contributed by atoms with Gasteiger partial charge in [-0.25, -0.2) is 0 Å². The number of hydrogen-bond donors (Lipinski definition) is 0. The van der Waals surface area contributed by atoms with Crippen molar-refractivity contribution in [2.24, 2.45) is 0 Å². The zero-order valence-electron chi connectivity index (χ0n) is 2.95. The monoisotopic (exact) mass is 116 g/mol. The molecule has 0 saturated carbocycles. The number of carbonyl (C=O) groups is 1. The second kappa shape index (κ2) is 4.05. The fourth-order valence-electron chi connectivity index (χ4n) is 0. The van der Waals surface area contributed by atoms with Gasteiger partial charge >= 0.3 is 16.8 Å². The number of ketones is 1. The number of carbonyl (C=O) groups excluding carboxylic acids is 1. The summed E-state index contributed by atoms with van der Waals surface area (Å²) >= 11 is 0. The topological polar surface area (TPSA) is 17.1 Å². The van der Waals surface area contributed by atoms with Gasteiger partial charge in [-0.1, -0.05) is 0 Å². The van der Waals surface area contributed by atoms with Crippen LogP contribution in [0.1, 0.15) is 6.92 Å². The predicted octanol–water partition coefficient (Wildman–Crippen LogP) is 0.407. The average Bonchev–Trinajstić information content (AvgIpc) is 0.811. The Kier molecular flexibility index (Phi) is 7.21. The summed E-state index contributed by atoms with van der Waals surface area (Å²) in [5.74, 6) is -0.0833. The Balaban J connectivity index is 0. The first-order valence-corrected chi connectivity index (χ1v) is 1.06. The molecule has 0 aliphatic carbocycles. The van der Waals surface area contributed by atoms with Crippen LogP contribution in [0.5, 0.6) is 0 Å². The van der Waals surface area contributed by atoms with Crippen LogP contribution in [-0.2, 0) is 21.6 Å². The third-order valence-electron chi connectivity index (χ3n) is 0. The molecular weight excluding hydrogens is 111 g/mol. The molecule has 0 saturated heterocycles. The molecule has 0 N–H and O–H groups in total. The zero-order valence-corrected chi connectivity index (χ0v) is 3.99. The van der Waals surface area contributed by atoms with Crippen molar-refractivity contribution in [1.82, 2.24) is 0 Å². The molecule has 0 bridgehead atoms. The molecule has 0 unspecified atom stereocenters. The van der Waals surface area contributed by atoms with E-state index in [1.807, 2.05) is 0 Å². The van der Waals surface area contributed by atoms with E-state index in [-0.39, 0.29) is 22.6 Å². The molecule has 5 heavy (non-hydrogen) atoms. The molecule has 0 rings (SSSR count). The van der Waals surface area contributed by atoms with E-state index in [0.29, 0.717) is 0 Å². The fraction of sp³-hybridized carbons (Fsp3) is 0.333. The molecule has 0 heterocycles. The van der Waals surface area contributed by atoms with E-state index in [0.717, 1.165) is 0 Å². The number of Topliss-reactive ketones (excluding diaryl/α,β-unsaturated/α-hetero) is 1. The van der Waals surface area contributed by atoms with E-state index >= 15 is 0 Å². The Labute approximate surface area is 42.0 Å². The van der Waals surface area contributed by atoms with Crippen molar-refractivity contribution in [3.8, 4) is 0 Å². The van der Waals surface area contributed by atoms with Gasteiger partial charge in [0.05, 0.1) is 0 Å². The van der Waals surface area contributed by atoms with Crippen LogP contribution in [0, 0.1) is 6.92 Å². The zero-order chi connectivity index (χ0) is 3.58. The minimum atomic E-state index is -0.0833. The van der Waals surface area contributed by atoms with Crippen LogP contribution in [0.2, 0.25) is 0 Å². The van der Waals surface area contributed by atoms with Crippen LogP contribution >= 0.6 is 0 Å². The summed E-state index contributed by atoms with van der Waals surface area (Å²) < 4.78 is 0. The van der Waals surface area contributed by atoms with Crippen molar-refractivity contribution in [1.29, 1.82) is 0 Å². The Morgan fingerprint density at radius 3 is 1.80 bits per heavy atom. The molecule has 0 aromatic heterocycles. The van der Waals surface area contributed by atoms with Gasteiger partial charge in [0, 0.05) is 0 Å². The van der Waals surface area contributed by atoms with Gasteiger partial charge in [0.15, 0.2) is 0 Å². The third kappa shape index (κ3) is 7840. The Morgan fingerprint density at radius 1 is 1.80 bits per heavy atom.